The number of benzene rings is 1. The lowest BCUT2D eigenvalue weighted by Gasteiger charge is -2.09. The van der Waals surface area contributed by atoms with E-state index in [2.05, 4.69) is 25.3 Å². The van der Waals surface area contributed by atoms with Crippen LogP contribution in [0.5, 0.6) is 0 Å². The highest BCUT2D eigenvalue weighted by Crippen LogP contribution is 2.29. The number of nitrogens with one attached hydrogen (secondary N) is 2. The number of H-pyrrole nitrogens is 1. The first-order valence-electron chi connectivity index (χ1n) is 5.23. The molecule has 0 unspecified atom stereocenters. The molecule has 19 heavy (non-hydrogen) atoms. The van der Waals surface area contributed by atoms with Crippen LogP contribution in [0.15, 0.2) is 24.5 Å². The highest BCUT2D eigenvalue weighted by Gasteiger charge is 2.13. The van der Waals surface area contributed by atoms with Gasteiger partial charge < -0.3 is 10.3 Å². The second-order valence-electron chi connectivity index (χ2n) is 3.66. The smallest absolute Gasteiger partial charge is 0.226 e. The molecule has 3 aromatic rings. The van der Waals surface area contributed by atoms with Crippen molar-refractivity contribution in [3.05, 3.63) is 40.6 Å². The molecular formula is C11H6Cl2FN5. The van der Waals surface area contributed by atoms with E-state index < -0.39 is 5.82 Å². The van der Waals surface area contributed by atoms with E-state index in [4.69, 9.17) is 23.2 Å². The molecule has 2 aromatic heterocycles. The van der Waals surface area contributed by atoms with Gasteiger partial charge in [0.2, 0.25) is 5.28 Å². The predicted octanol–water partition coefficient (Wildman–Crippen LogP) is 3.54. The second-order valence-corrected chi connectivity index (χ2v) is 4.41. The molecule has 0 amide bonds. The van der Waals surface area contributed by atoms with Gasteiger partial charge >= 0.3 is 0 Å². The molecule has 96 valence electrons. The Labute approximate surface area is 116 Å². The largest absolute Gasteiger partial charge is 0.340 e. The fourth-order valence-electron chi connectivity index (χ4n) is 1.63. The summed E-state index contributed by atoms with van der Waals surface area (Å²) in [7, 11) is 0. The summed E-state index contributed by atoms with van der Waals surface area (Å²) < 4.78 is 13.7. The van der Waals surface area contributed by atoms with Gasteiger partial charge in [0.1, 0.15) is 11.3 Å². The van der Waals surface area contributed by atoms with Gasteiger partial charge in [-0.2, -0.15) is 9.97 Å². The van der Waals surface area contributed by atoms with Crippen molar-refractivity contribution in [1.82, 2.24) is 19.9 Å². The number of hydrogen-bond donors (Lipinski definition) is 2. The minimum absolute atomic E-state index is 0.00885. The highest BCUT2D eigenvalue weighted by molar-refractivity contribution is 6.33. The van der Waals surface area contributed by atoms with Crippen LogP contribution in [0.2, 0.25) is 10.3 Å². The lowest BCUT2D eigenvalue weighted by Crippen LogP contribution is -1.99. The van der Waals surface area contributed by atoms with Crippen LogP contribution >= 0.6 is 23.2 Å². The van der Waals surface area contributed by atoms with Gasteiger partial charge in [-0.15, -0.1) is 0 Å². The van der Waals surface area contributed by atoms with Crippen molar-refractivity contribution in [3.63, 3.8) is 0 Å². The van der Waals surface area contributed by atoms with Gasteiger partial charge in [-0.1, -0.05) is 17.7 Å². The molecule has 8 heteroatoms. The summed E-state index contributed by atoms with van der Waals surface area (Å²) >= 11 is 11.7. The summed E-state index contributed by atoms with van der Waals surface area (Å²) in [6.07, 6.45) is 1.45. The first kappa shape index (κ1) is 12.1. The quantitative estimate of drug-likeness (QED) is 0.710. The zero-order valence-corrected chi connectivity index (χ0v) is 10.8. The number of fused-ring (bicyclic) bond motifs is 1. The number of imidazole rings is 1. The first-order valence-corrected chi connectivity index (χ1v) is 5.98. The van der Waals surface area contributed by atoms with Crippen LogP contribution < -0.4 is 5.32 Å². The zero-order valence-electron chi connectivity index (χ0n) is 9.28. The van der Waals surface area contributed by atoms with E-state index in [9.17, 15) is 4.39 Å². The van der Waals surface area contributed by atoms with Crippen LogP contribution in [0.25, 0.3) is 11.2 Å². The fraction of sp³-hybridized carbons (Fsp3) is 0. The minimum Gasteiger partial charge on any atom is -0.340 e. The monoisotopic (exact) mass is 297 g/mol. The van der Waals surface area contributed by atoms with Crippen LogP contribution in [0.3, 0.4) is 0 Å². The van der Waals surface area contributed by atoms with Crippen LogP contribution in [0, 0.1) is 5.82 Å². The Morgan fingerprint density at radius 2 is 2.05 bits per heavy atom. The molecule has 1 aromatic carbocycles. The molecule has 0 saturated heterocycles. The average Bonchev–Trinajstić information content (AvgIpc) is 2.81. The molecule has 0 bridgehead atoms. The SMILES string of the molecule is Fc1cccc(Cl)c1Nc1nc(Cl)nc2nc[nH]c12. The minimum atomic E-state index is -0.491. The highest BCUT2D eigenvalue weighted by atomic mass is 35.5. The summed E-state index contributed by atoms with van der Waals surface area (Å²) in [5, 5.41) is 3.04. The van der Waals surface area contributed by atoms with Crippen LogP contribution in [-0.4, -0.2) is 19.9 Å². The van der Waals surface area contributed by atoms with Crippen molar-refractivity contribution in [2.24, 2.45) is 0 Å². The molecule has 0 aliphatic heterocycles. The maximum Gasteiger partial charge on any atom is 0.226 e. The third-order valence-corrected chi connectivity index (χ3v) is 2.95. The van der Waals surface area contributed by atoms with Gasteiger partial charge in [-0.05, 0) is 23.7 Å². The van der Waals surface area contributed by atoms with Gasteiger partial charge in [0, 0.05) is 0 Å². The molecular weight excluding hydrogens is 292 g/mol. The van der Waals surface area contributed by atoms with E-state index >= 15 is 0 Å². The Morgan fingerprint density at radius 3 is 2.84 bits per heavy atom. The van der Waals surface area contributed by atoms with Crippen molar-refractivity contribution in [2.75, 3.05) is 5.32 Å². The van der Waals surface area contributed by atoms with Crippen molar-refractivity contribution in [3.8, 4) is 0 Å². The number of halogens is 3. The first-order chi connectivity index (χ1) is 9.15. The lowest BCUT2D eigenvalue weighted by molar-refractivity contribution is 0.632. The second kappa shape index (κ2) is 4.64. The third kappa shape index (κ3) is 2.20. The lowest BCUT2D eigenvalue weighted by atomic mass is 10.3. The molecule has 0 aliphatic carbocycles. The van der Waals surface area contributed by atoms with E-state index in [1.807, 2.05) is 0 Å². The van der Waals surface area contributed by atoms with E-state index in [1.165, 1.54) is 18.5 Å². The van der Waals surface area contributed by atoms with Crippen molar-refractivity contribution in [1.29, 1.82) is 0 Å². The summed E-state index contributed by atoms with van der Waals surface area (Å²) in [5.41, 5.74) is 1.02. The Hall–Kier alpha value is -1.92. The van der Waals surface area contributed by atoms with E-state index in [0.717, 1.165) is 0 Å². The van der Waals surface area contributed by atoms with Gasteiger partial charge in [0.15, 0.2) is 11.5 Å². The summed E-state index contributed by atoms with van der Waals surface area (Å²) in [4.78, 5) is 14.7. The predicted molar refractivity (Wildman–Crippen MR) is 71.4 cm³/mol. The number of hydrogen-bond acceptors (Lipinski definition) is 4. The standard InChI is InChI=1S/C11H6Cl2FN5/c12-5-2-1-3-6(14)7(5)17-10-8-9(16-4-15-8)18-11(13)19-10/h1-4H,(H2,15,16,17,18,19). The maximum atomic E-state index is 13.7. The summed E-state index contributed by atoms with van der Waals surface area (Å²) in [5.74, 6) is -0.186. The number of para-hydroxylation sites is 1. The Balaban J connectivity index is 2.13. The number of anilines is 2. The Kier molecular flexibility index (Phi) is 2.96. The van der Waals surface area contributed by atoms with Gasteiger partial charge in [0.25, 0.3) is 0 Å². The number of nitrogens with zero attached hydrogens (tertiary/aromatic N) is 3. The third-order valence-electron chi connectivity index (χ3n) is 2.46. The Morgan fingerprint density at radius 1 is 1.21 bits per heavy atom. The van der Waals surface area contributed by atoms with Gasteiger partial charge in [-0.25, -0.2) is 9.37 Å². The molecule has 2 heterocycles. The van der Waals surface area contributed by atoms with E-state index in [-0.39, 0.29) is 16.0 Å². The number of aromatic amines is 1. The summed E-state index contributed by atoms with van der Waals surface area (Å²) in [6.45, 7) is 0. The molecule has 0 atom stereocenters. The van der Waals surface area contributed by atoms with Gasteiger partial charge in [0.05, 0.1) is 17.0 Å². The molecule has 0 aliphatic rings. The van der Waals surface area contributed by atoms with Crippen molar-refractivity contribution >= 4 is 45.9 Å². The van der Waals surface area contributed by atoms with E-state index in [0.29, 0.717) is 17.0 Å². The number of aromatic nitrogens is 4. The van der Waals surface area contributed by atoms with Crippen molar-refractivity contribution < 1.29 is 4.39 Å². The summed E-state index contributed by atoms with van der Waals surface area (Å²) in [6, 6.07) is 4.38. The van der Waals surface area contributed by atoms with Crippen LogP contribution in [0.1, 0.15) is 0 Å². The maximum absolute atomic E-state index is 13.7. The van der Waals surface area contributed by atoms with E-state index in [1.54, 1.807) is 6.07 Å². The molecule has 0 fully saturated rings. The Bertz CT molecular complexity index is 738. The van der Waals surface area contributed by atoms with Crippen LogP contribution in [-0.2, 0) is 0 Å². The van der Waals surface area contributed by atoms with Gasteiger partial charge in [-0.3, -0.25) is 0 Å². The van der Waals surface area contributed by atoms with Crippen LogP contribution in [0.4, 0.5) is 15.9 Å². The number of rotatable bonds is 2. The average molecular weight is 298 g/mol. The molecule has 2 N–H and O–H groups in total. The molecule has 0 radical (unpaired) electrons. The van der Waals surface area contributed by atoms with Crippen molar-refractivity contribution in [2.45, 2.75) is 0 Å². The topological polar surface area (TPSA) is 66.5 Å². The zero-order chi connectivity index (χ0) is 13.4. The normalized spacial score (nSPS) is 10.9. The molecule has 5 nitrogen and oxygen atoms in total. The molecule has 0 spiro atoms. The molecule has 3 rings (SSSR count). The molecule has 0 saturated carbocycles. The fourth-order valence-corrected chi connectivity index (χ4v) is 2.01.